The Morgan fingerprint density at radius 3 is 1.69 bits per heavy atom. The number of anilines is 9. The van der Waals surface area contributed by atoms with Crippen molar-refractivity contribution in [1.82, 2.24) is 28.4 Å². The van der Waals surface area contributed by atoms with Crippen LogP contribution in [0, 0.1) is 20.2 Å². The number of halogens is 2. The van der Waals surface area contributed by atoms with E-state index in [1.807, 2.05) is 109 Å². The summed E-state index contributed by atoms with van der Waals surface area (Å²) >= 11 is 0. The molecule has 10 rings (SSSR count). The van der Waals surface area contributed by atoms with Gasteiger partial charge in [0.15, 0.2) is 0 Å². The van der Waals surface area contributed by atoms with Gasteiger partial charge >= 0.3 is 0 Å². The number of hydrogen-bond acceptors (Lipinski definition) is 18. The lowest BCUT2D eigenvalue weighted by molar-refractivity contribution is -0.671. The molecule has 438 valence electrons. The Kier molecular flexibility index (Phi) is 21.3. The summed E-state index contributed by atoms with van der Waals surface area (Å²) in [5.41, 5.74) is 19.1. The van der Waals surface area contributed by atoms with Crippen LogP contribution in [0.25, 0.3) is 11.0 Å². The number of nitrogens with one attached hydrogen (secondary N) is 4. The molecule has 84 heavy (non-hydrogen) atoms. The number of pyridine rings is 2. The zero-order valence-electron chi connectivity index (χ0n) is 45.8. The molecule has 0 saturated heterocycles. The van der Waals surface area contributed by atoms with E-state index in [0.717, 1.165) is 67.7 Å². The van der Waals surface area contributed by atoms with Crippen molar-refractivity contribution < 1.29 is 38.7 Å². The maximum Gasteiger partial charge on any atom is 0.299 e. The summed E-state index contributed by atoms with van der Waals surface area (Å²) in [6.45, 7) is 2.97. The van der Waals surface area contributed by atoms with E-state index in [9.17, 15) is 30.4 Å². The molecule has 9 aromatic rings. The zero-order chi connectivity index (χ0) is 57.5. The van der Waals surface area contributed by atoms with Gasteiger partial charge in [0.25, 0.3) is 23.1 Å². The summed E-state index contributed by atoms with van der Waals surface area (Å²) in [6, 6.07) is 23.8. The van der Waals surface area contributed by atoms with Gasteiger partial charge < -0.3 is 52.4 Å². The van der Waals surface area contributed by atoms with E-state index in [4.69, 9.17) is 25.9 Å². The van der Waals surface area contributed by atoms with Crippen LogP contribution in [0.15, 0.2) is 169 Å². The lowest BCUT2D eigenvalue weighted by atomic mass is 10.1. The Morgan fingerprint density at radius 1 is 0.631 bits per heavy atom. The highest BCUT2D eigenvalue weighted by atomic mass is 35.5. The first-order valence-corrected chi connectivity index (χ1v) is 26.1. The average molecular weight is 1190 g/mol. The molecular formula is C56H64Cl2N18O8+2. The van der Waals surface area contributed by atoms with Crippen molar-refractivity contribution in [3.05, 3.63) is 179 Å². The molecule has 1 aliphatic rings. The molecule has 3 aromatic carbocycles. The van der Waals surface area contributed by atoms with Gasteiger partial charge in [0.05, 0.1) is 102 Å². The quantitative estimate of drug-likeness (QED) is 0.00710. The van der Waals surface area contributed by atoms with E-state index in [0.29, 0.717) is 51.2 Å². The maximum atomic E-state index is 12.0. The number of aliphatic hydroxyl groups excluding tert-OH is 2. The molecule has 0 aliphatic heterocycles. The van der Waals surface area contributed by atoms with Gasteiger partial charge in [0, 0.05) is 49.7 Å². The van der Waals surface area contributed by atoms with E-state index in [1.54, 1.807) is 53.2 Å². The smallest absolute Gasteiger partial charge is 0.299 e. The predicted octanol–water partition coefficient (Wildman–Crippen LogP) is 7.95. The molecule has 0 atom stereocenters. The van der Waals surface area contributed by atoms with E-state index in [2.05, 4.69) is 58.1 Å². The second-order valence-corrected chi connectivity index (χ2v) is 18.7. The van der Waals surface area contributed by atoms with Gasteiger partial charge in [0.2, 0.25) is 12.7 Å². The molecule has 0 unspecified atom stereocenters. The number of nitro benzene ring substituents is 2. The molecular weight excluding hydrogens is 1120 g/mol. The fraction of sp³-hybridized carbons (Fsp3) is 0.214. The van der Waals surface area contributed by atoms with Gasteiger partial charge in [-0.1, -0.05) is 12.1 Å². The van der Waals surface area contributed by atoms with Crippen molar-refractivity contribution in [3.8, 4) is 11.8 Å². The molecule has 0 saturated carbocycles. The third kappa shape index (κ3) is 15.7. The minimum Gasteiger partial charge on any atom is -0.473 e. The fourth-order valence-electron chi connectivity index (χ4n) is 8.67. The predicted molar refractivity (Wildman–Crippen MR) is 328 cm³/mol. The normalized spacial score (nSPS) is 11.5. The van der Waals surface area contributed by atoms with Crippen LogP contribution in [0.5, 0.6) is 11.8 Å². The molecule has 0 fully saturated rings. The molecule has 0 radical (unpaired) electrons. The second kappa shape index (κ2) is 29.1. The number of aliphatic imine (C=N–C) groups is 2. The first-order valence-electron chi connectivity index (χ1n) is 26.1. The molecule has 1 aliphatic carbocycles. The second-order valence-electron chi connectivity index (χ2n) is 18.7. The topological polar surface area (TPSA) is 322 Å². The van der Waals surface area contributed by atoms with E-state index in [1.165, 1.54) is 10.6 Å². The van der Waals surface area contributed by atoms with Crippen LogP contribution in [0.4, 0.5) is 68.2 Å². The highest BCUT2D eigenvalue weighted by molar-refractivity contribution is 6.19. The minimum atomic E-state index is -0.699. The van der Waals surface area contributed by atoms with E-state index >= 15 is 0 Å². The van der Waals surface area contributed by atoms with Gasteiger partial charge in [-0.2, -0.15) is 0 Å². The number of hydrogen-bond donors (Lipinski definition) is 8. The number of imidazole rings is 2. The number of nitro groups is 2. The number of ether oxygens (including phenoxy) is 2. The van der Waals surface area contributed by atoms with E-state index in [-0.39, 0.29) is 68.5 Å². The first-order chi connectivity index (χ1) is 39.8. The number of nitrogens with zero attached hydrogens (tertiary/aromatic N) is 12. The Labute approximate surface area is 493 Å². The summed E-state index contributed by atoms with van der Waals surface area (Å²) < 4.78 is 22.7. The number of fused-ring (bicyclic) bond motifs is 2. The number of allylic oxidation sites excluding steroid dienone is 4. The molecule has 26 nitrogen and oxygen atoms in total. The lowest BCUT2D eigenvalue weighted by Gasteiger charge is -2.13. The Morgan fingerprint density at radius 2 is 1.15 bits per heavy atom. The largest absolute Gasteiger partial charge is 0.473 e. The molecule has 0 spiro atoms. The van der Waals surface area contributed by atoms with Crippen molar-refractivity contribution >= 4 is 116 Å². The monoisotopic (exact) mass is 1190 g/mol. The molecule has 10 N–H and O–H groups in total. The van der Waals surface area contributed by atoms with Crippen LogP contribution < -0.4 is 51.3 Å². The van der Waals surface area contributed by atoms with Gasteiger partial charge in [-0.25, -0.2) is 32.3 Å². The zero-order valence-corrected chi connectivity index (χ0v) is 47.4. The van der Waals surface area contributed by atoms with Crippen LogP contribution >= 0.6 is 24.8 Å². The highest BCUT2D eigenvalue weighted by Crippen LogP contribution is 2.42. The third-order valence-corrected chi connectivity index (χ3v) is 12.6. The average Bonchev–Trinajstić information content (AvgIpc) is 4.46. The van der Waals surface area contributed by atoms with E-state index < -0.39 is 21.2 Å². The van der Waals surface area contributed by atoms with Crippen molar-refractivity contribution in [1.29, 1.82) is 0 Å². The Bertz CT molecular complexity index is 3840. The van der Waals surface area contributed by atoms with Crippen molar-refractivity contribution in [2.45, 2.75) is 25.9 Å². The number of aliphatic hydroxyl groups is 2. The number of nitrogens with two attached hydrogens (primary N) is 2. The van der Waals surface area contributed by atoms with Crippen LogP contribution in [0.2, 0.25) is 0 Å². The summed E-state index contributed by atoms with van der Waals surface area (Å²) in [6.07, 6.45) is 25.2. The highest BCUT2D eigenvalue weighted by Gasteiger charge is 2.27. The van der Waals surface area contributed by atoms with Crippen molar-refractivity contribution in [2.75, 3.05) is 72.3 Å². The summed E-state index contributed by atoms with van der Waals surface area (Å²) in [5.74, 6) is 0.458. The molecule has 6 aromatic heterocycles. The summed E-state index contributed by atoms with van der Waals surface area (Å²) in [7, 11) is 3.98. The number of rotatable bonds is 24. The molecule has 0 amide bonds. The molecule has 0 bridgehead atoms. The Balaban J connectivity index is 0.000000236. The molecule has 28 heteroatoms. The Hall–Kier alpha value is -10.0. The van der Waals surface area contributed by atoms with Gasteiger partial charge in [-0.15, -0.1) is 35.0 Å². The summed E-state index contributed by atoms with van der Waals surface area (Å²) in [4.78, 5) is 31.9. The number of nitrogen functional groups attached to an aromatic ring is 2. The number of benzene rings is 3. The van der Waals surface area contributed by atoms with Crippen LogP contribution in [-0.2, 0) is 27.2 Å². The van der Waals surface area contributed by atoms with Gasteiger partial charge in [-0.05, 0) is 91.0 Å². The van der Waals surface area contributed by atoms with Crippen molar-refractivity contribution in [2.24, 2.45) is 24.1 Å². The SMILES string of the molecule is C[n+]1ccn(CCCN=C2C=CC(=Nc3cc(Nc4c(OCCO)nn5ccccc45)c(N)cc3N)C=C2)c1.C[n+]1ccn(CCCNc2ccc(Nc3cc(Nc4c(OCCO)nn5ccccc45)c([N+](=O)[O-])cc3[N+](=O)[O-])cc2)c1.Cl.Cl. The first kappa shape index (κ1) is 61.6. The van der Waals surface area contributed by atoms with Crippen LogP contribution in [0.1, 0.15) is 12.8 Å². The van der Waals surface area contributed by atoms with Crippen molar-refractivity contribution in [3.63, 3.8) is 0 Å². The minimum absolute atomic E-state index is 0. The van der Waals surface area contributed by atoms with Gasteiger partial charge in [-0.3, -0.25) is 25.2 Å². The fourth-order valence-corrected chi connectivity index (χ4v) is 8.67. The summed E-state index contributed by atoms with van der Waals surface area (Å²) in [5, 5.41) is 63.8. The van der Waals surface area contributed by atoms with Gasteiger partial charge in [0.1, 0.15) is 60.8 Å². The standard InChI is InChI=1S/C28H30N9O6.C28H32N9O2.2ClH/c1-33-13-14-34(19-33)11-4-10-29-20-6-8-21(9-7-20)30-22-17-23(26(37(41)42)18-25(22)36(39)40)31-27-24-5-2-3-12-35(24)32-28(27)43-16-15-38;1-35-13-14-36(19-35)11-4-10-31-20-6-8-21(9-7-20)32-24-18-25(23(30)17-22(24)29)33-27-26-5-2-3-12-37(26)34-28(27)39-16-15-38;;/h2-3,5-9,12-14,17-19,29-31,38H,4,10-11,15-16H2,1H3;2-3,5-9,12-14,17-19,33,38H,4,10-11,15-16,29-30H2,1H3;2*1H/q2*+1;;. The van der Waals surface area contributed by atoms with Crippen LogP contribution in [0.3, 0.4) is 0 Å². The maximum absolute atomic E-state index is 12.0. The lowest BCUT2D eigenvalue weighted by Crippen LogP contribution is -2.23. The number of aryl methyl sites for hydroxylation is 4. The third-order valence-electron chi connectivity index (χ3n) is 12.6. The van der Waals surface area contributed by atoms with Crippen LogP contribution in [-0.4, -0.2) is 99.4 Å². The number of aromatic nitrogens is 8. The molecule has 6 heterocycles.